The predicted molar refractivity (Wildman–Crippen MR) is 119 cm³/mol. The molecule has 4 nitrogen and oxygen atoms in total. The SMILES string of the molecule is CO[C@H]1C[C@H](CO[Si](c2ccccc2)(c2ccccc2)C(C)(C)C)[C@@H](CCO)O1. The average Bonchev–Trinajstić information content (AvgIpc) is 3.11. The van der Waals surface area contributed by atoms with Gasteiger partial charge in [0, 0.05) is 32.7 Å². The van der Waals surface area contributed by atoms with Gasteiger partial charge in [0.15, 0.2) is 6.29 Å². The summed E-state index contributed by atoms with van der Waals surface area (Å²) in [5.41, 5.74) is 0. The predicted octanol–water partition coefficient (Wildman–Crippen LogP) is 3.32. The fourth-order valence-corrected chi connectivity index (χ4v) is 9.13. The van der Waals surface area contributed by atoms with E-state index in [0.717, 1.165) is 6.42 Å². The normalized spacial score (nSPS) is 22.7. The van der Waals surface area contributed by atoms with Gasteiger partial charge in [-0.15, -0.1) is 0 Å². The lowest BCUT2D eigenvalue weighted by molar-refractivity contribution is -0.119. The van der Waals surface area contributed by atoms with E-state index in [2.05, 4.69) is 81.4 Å². The molecule has 0 amide bonds. The Morgan fingerprint density at radius 3 is 2.00 bits per heavy atom. The Morgan fingerprint density at radius 1 is 1.00 bits per heavy atom. The van der Waals surface area contributed by atoms with Gasteiger partial charge < -0.3 is 19.0 Å². The maximum atomic E-state index is 9.46. The molecule has 0 unspecified atom stereocenters. The fourth-order valence-electron chi connectivity index (χ4n) is 4.51. The van der Waals surface area contributed by atoms with Gasteiger partial charge in [0.25, 0.3) is 8.32 Å². The molecule has 0 spiro atoms. The molecule has 0 saturated carbocycles. The molecule has 1 saturated heterocycles. The van der Waals surface area contributed by atoms with E-state index in [4.69, 9.17) is 13.9 Å². The highest BCUT2D eigenvalue weighted by Crippen LogP contribution is 2.38. The molecule has 1 fully saturated rings. The zero-order valence-electron chi connectivity index (χ0n) is 18.0. The van der Waals surface area contributed by atoms with Gasteiger partial charge in [-0.2, -0.15) is 0 Å². The second kappa shape index (κ2) is 9.54. The van der Waals surface area contributed by atoms with Crippen LogP contribution in [0.1, 0.15) is 33.6 Å². The number of hydrogen-bond donors (Lipinski definition) is 1. The summed E-state index contributed by atoms with van der Waals surface area (Å²) in [6.45, 7) is 7.56. The first-order chi connectivity index (χ1) is 13.9. The lowest BCUT2D eigenvalue weighted by Crippen LogP contribution is -2.67. The van der Waals surface area contributed by atoms with E-state index in [0.29, 0.717) is 13.0 Å². The first-order valence-electron chi connectivity index (χ1n) is 10.5. The zero-order chi connectivity index (χ0) is 20.9. The number of benzene rings is 2. The van der Waals surface area contributed by atoms with Crippen LogP contribution in [0.25, 0.3) is 0 Å². The fraction of sp³-hybridized carbons (Fsp3) is 0.500. The largest absolute Gasteiger partial charge is 0.407 e. The molecule has 5 heteroatoms. The number of aliphatic hydroxyl groups excluding tert-OH is 1. The van der Waals surface area contributed by atoms with Gasteiger partial charge in [0.1, 0.15) is 0 Å². The van der Waals surface area contributed by atoms with Crippen LogP contribution in [0.3, 0.4) is 0 Å². The molecule has 1 heterocycles. The highest BCUT2D eigenvalue weighted by atomic mass is 28.4. The lowest BCUT2D eigenvalue weighted by atomic mass is 10.0. The van der Waals surface area contributed by atoms with Gasteiger partial charge in [0.2, 0.25) is 0 Å². The van der Waals surface area contributed by atoms with Crippen molar-refractivity contribution in [3.05, 3.63) is 60.7 Å². The summed E-state index contributed by atoms with van der Waals surface area (Å²) >= 11 is 0. The second-order valence-electron chi connectivity index (χ2n) is 8.82. The van der Waals surface area contributed by atoms with Crippen molar-refractivity contribution in [1.29, 1.82) is 0 Å². The van der Waals surface area contributed by atoms with E-state index < -0.39 is 8.32 Å². The van der Waals surface area contributed by atoms with Gasteiger partial charge >= 0.3 is 0 Å². The Bertz CT molecular complexity index is 705. The van der Waals surface area contributed by atoms with Gasteiger partial charge in [-0.3, -0.25) is 0 Å². The van der Waals surface area contributed by atoms with Gasteiger partial charge in [-0.1, -0.05) is 81.4 Å². The third-order valence-corrected chi connectivity index (χ3v) is 11.0. The van der Waals surface area contributed by atoms with Crippen molar-refractivity contribution in [2.24, 2.45) is 5.92 Å². The van der Waals surface area contributed by atoms with Gasteiger partial charge in [-0.05, 0) is 21.8 Å². The molecule has 0 aliphatic carbocycles. The lowest BCUT2D eigenvalue weighted by Gasteiger charge is -2.43. The van der Waals surface area contributed by atoms with Crippen molar-refractivity contribution in [3.8, 4) is 0 Å². The van der Waals surface area contributed by atoms with Crippen molar-refractivity contribution in [3.63, 3.8) is 0 Å². The summed E-state index contributed by atoms with van der Waals surface area (Å²) in [5, 5.41) is 12.0. The van der Waals surface area contributed by atoms with Crippen LogP contribution in [-0.4, -0.2) is 46.1 Å². The van der Waals surface area contributed by atoms with Crippen LogP contribution in [0.2, 0.25) is 5.04 Å². The topological polar surface area (TPSA) is 47.9 Å². The molecule has 0 radical (unpaired) electrons. The molecule has 1 aliphatic heterocycles. The highest BCUT2D eigenvalue weighted by molar-refractivity contribution is 6.99. The molecule has 2 aromatic carbocycles. The van der Waals surface area contributed by atoms with Crippen LogP contribution in [0.4, 0.5) is 0 Å². The minimum absolute atomic E-state index is 0.0387. The van der Waals surface area contributed by atoms with E-state index in [1.165, 1.54) is 10.4 Å². The molecule has 29 heavy (non-hydrogen) atoms. The monoisotopic (exact) mass is 414 g/mol. The maximum absolute atomic E-state index is 9.46. The van der Waals surface area contributed by atoms with E-state index >= 15 is 0 Å². The third-order valence-electron chi connectivity index (χ3n) is 5.95. The first-order valence-corrected chi connectivity index (χ1v) is 12.4. The second-order valence-corrected chi connectivity index (χ2v) is 13.1. The quantitative estimate of drug-likeness (QED) is 0.673. The van der Waals surface area contributed by atoms with Crippen LogP contribution in [0.15, 0.2) is 60.7 Å². The van der Waals surface area contributed by atoms with Crippen LogP contribution in [-0.2, 0) is 13.9 Å². The summed E-state index contributed by atoms with van der Waals surface area (Å²) in [4.78, 5) is 0. The van der Waals surface area contributed by atoms with Crippen LogP contribution in [0, 0.1) is 5.92 Å². The van der Waals surface area contributed by atoms with E-state index in [9.17, 15) is 5.11 Å². The third kappa shape index (κ3) is 4.65. The van der Waals surface area contributed by atoms with E-state index in [1.54, 1.807) is 7.11 Å². The number of rotatable bonds is 8. The molecular formula is C24H34O4Si. The summed E-state index contributed by atoms with van der Waals surface area (Å²) in [7, 11) is -0.888. The summed E-state index contributed by atoms with van der Waals surface area (Å²) in [5.74, 6) is 0.203. The molecule has 0 aromatic heterocycles. The van der Waals surface area contributed by atoms with Crippen molar-refractivity contribution in [2.75, 3.05) is 20.3 Å². The summed E-state index contributed by atoms with van der Waals surface area (Å²) in [6.07, 6.45) is 1.14. The van der Waals surface area contributed by atoms with Gasteiger partial charge in [0.05, 0.1) is 6.10 Å². The molecule has 3 rings (SSSR count). The summed E-state index contributed by atoms with van der Waals surface area (Å²) in [6, 6.07) is 21.3. The Labute approximate surface area is 176 Å². The molecule has 1 N–H and O–H groups in total. The molecule has 0 bridgehead atoms. The van der Waals surface area contributed by atoms with Gasteiger partial charge in [-0.25, -0.2) is 0 Å². The smallest absolute Gasteiger partial charge is 0.261 e. The van der Waals surface area contributed by atoms with E-state index in [1.807, 2.05) is 0 Å². The van der Waals surface area contributed by atoms with Crippen LogP contribution >= 0.6 is 0 Å². The number of aliphatic hydroxyl groups is 1. The average molecular weight is 415 g/mol. The minimum atomic E-state index is -2.56. The van der Waals surface area contributed by atoms with Crippen LogP contribution in [0.5, 0.6) is 0 Å². The molecular weight excluding hydrogens is 380 g/mol. The summed E-state index contributed by atoms with van der Waals surface area (Å²) < 4.78 is 18.5. The highest BCUT2D eigenvalue weighted by Gasteiger charge is 2.51. The maximum Gasteiger partial charge on any atom is 0.261 e. The Balaban J connectivity index is 1.98. The number of hydrogen-bond acceptors (Lipinski definition) is 4. The molecule has 2 aromatic rings. The standard InChI is InChI=1S/C24H34O4Si/c1-24(2,3)29(20-11-7-5-8-12-20,21-13-9-6-10-14-21)27-18-19-17-23(26-4)28-22(19)15-16-25/h5-14,19,22-23,25H,15-18H2,1-4H3/t19-,22-,23-/m1/s1. The van der Waals surface area contributed by atoms with Crippen molar-refractivity contribution < 1.29 is 19.0 Å². The molecule has 3 atom stereocenters. The first kappa shape index (κ1) is 22.2. The molecule has 1 aliphatic rings. The number of ether oxygens (including phenoxy) is 2. The number of methoxy groups -OCH3 is 1. The Kier molecular flexibility index (Phi) is 7.30. The Morgan fingerprint density at radius 2 is 1.55 bits per heavy atom. The van der Waals surface area contributed by atoms with Crippen molar-refractivity contribution in [1.82, 2.24) is 0 Å². The zero-order valence-corrected chi connectivity index (χ0v) is 19.0. The van der Waals surface area contributed by atoms with E-state index in [-0.39, 0.29) is 30.0 Å². The van der Waals surface area contributed by atoms with Crippen molar-refractivity contribution >= 4 is 18.7 Å². The van der Waals surface area contributed by atoms with Crippen molar-refractivity contribution in [2.45, 2.75) is 51.0 Å². The molecule has 158 valence electrons. The van der Waals surface area contributed by atoms with Crippen LogP contribution < -0.4 is 10.4 Å². The Hall–Kier alpha value is -1.50. The minimum Gasteiger partial charge on any atom is -0.407 e.